The second-order valence-electron chi connectivity index (χ2n) is 7.85. The van der Waals surface area contributed by atoms with Crippen LogP contribution in [0.5, 0.6) is 0 Å². The predicted octanol–water partition coefficient (Wildman–Crippen LogP) is 5.67. The zero-order valence-corrected chi connectivity index (χ0v) is 12.7. The molecule has 0 amide bonds. The maximum absolute atomic E-state index is 2.63. The summed E-state index contributed by atoms with van der Waals surface area (Å²) in [4.78, 5) is 0. The van der Waals surface area contributed by atoms with Gasteiger partial charge in [0.1, 0.15) is 0 Å². The number of fused-ring (bicyclic) bond motifs is 1. The molecule has 0 nitrogen and oxygen atoms in total. The largest absolute Gasteiger partial charge is 0.0654 e. The quantitative estimate of drug-likeness (QED) is 0.580. The van der Waals surface area contributed by atoms with Gasteiger partial charge in [-0.05, 0) is 54.3 Å². The van der Waals surface area contributed by atoms with Crippen molar-refractivity contribution in [2.45, 2.75) is 79.6 Å². The Labute approximate surface area is 109 Å². The molecule has 2 aliphatic rings. The Balaban J connectivity index is 2.28. The van der Waals surface area contributed by atoms with E-state index in [1.54, 1.807) is 0 Å². The Morgan fingerprint density at radius 2 is 1.76 bits per heavy atom. The summed E-state index contributed by atoms with van der Waals surface area (Å²) < 4.78 is 0. The van der Waals surface area contributed by atoms with Crippen LogP contribution in [0.4, 0.5) is 0 Å². The van der Waals surface area contributed by atoms with E-state index in [4.69, 9.17) is 0 Å². The summed E-state index contributed by atoms with van der Waals surface area (Å²) in [5.74, 6) is 2.94. The first-order valence-corrected chi connectivity index (χ1v) is 7.92. The van der Waals surface area contributed by atoms with Gasteiger partial charge in [0.2, 0.25) is 0 Å². The van der Waals surface area contributed by atoms with Crippen molar-refractivity contribution in [3.8, 4) is 0 Å². The van der Waals surface area contributed by atoms with E-state index in [-0.39, 0.29) is 0 Å². The maximum Gasteiger partial charge on any atom is -0.0262 e. The molecule has 4 atom stereocenters. The molecule has 0 saturated heterocycles. The molecule has 2 fully saturated rings. The van der Waals surface area contributed by atoms with Gasteiger partial charge in [-0.2, -0.15) is 0 Å². The summed E-state index contributed by atoms with van der Waals surface area (Å²) in [6, 6.07) is 0. The standard InChI is InChI=1S/C17H32/c1-6-8-14-13(2)9-10-15-16(3,4)11-7-12-17(14,15)5/h13-15H,6-12H2,1-5H3. The normalized spacial score (nSPS) is 45.4. The highest BCUT2D eigenvalue weighted by Gasteiger charge is 2.53. The number of hydrogen-bond donors (Lipinski definition) is 0. The first-order chi connectivity index (χ1) is 7.92. The molecule has 0 aromatic heterocycles. The van der Waals surface area contributed by atoms with E-state index in [9.17, 15) is 0 Å². The highest BCUT2D eigenvalue weighted by Crippen LogP contribution is 2.61. The van der Waals surface area contributed by atoms with Crippen molar-refractivity contribution in [2.24, 2.45) is 28.6 Å². The fourth-order valence-electron chi connectivity index (χ4n) is 5.54. The molecule has 2 aliphatic carbocycles. The van der Waals surface area contributed by atoms with Crippen molar-refractivity contribution in [2.75, 3.05) is 0 Å². The summed E-state index contributed by atoms with van der Waals surface area (Å²) in [7, 11) is 0. The van der Waals surface area contributed by atoms with Crippen LogP contribution in [0.25, 0.3) is 0 Å². The second kappa shape index (κ2) is 4.59. The van der Waals surface area contributed by atoms with E-state index in [0.717, 1.165) is 17.8 Å². The van der Waals surface area contributed by atoms with Crippen molar-refractivity contribution < 1.29 is 0 Å². The molecule has 0 heterocycles. The van der Waals surface area contributed by atoms with Crippen LogP contribution in [-0.2, 0) is 0 Å². The van der Waals surface area contributed by atoms with Crippen molar-refractivity contribution in [1.29, 1.82) is 0 Å². The Kier molecular flexibility index (Phi) is 3.63. The van der Waals surface area contributed by atoms with E-state index in [2.05, 4.69) is 34.6 Å². The van der Waals surface area contributed by atoms with E-state index >= 15 is 0 Å². The lowest BCUT2D eigenvalue weighted by Crippen LogP contribution is -2.51. The summed E-state index contributed by atoms with van der Waals surface area (Å²) in [6.45, 7) is 12.6. The Hall–Kier alpha value is 0. The molecule has 0 N–H and O–H groups in total. The average molecular weight is 236 g/mol. The topological polar surface area (TPSA) is 0 Å². The lowest BCUT2D eigenvalue weighted by atomic mass is 9.46. The predicted molar refractivity (Wildman–Crippen MR) is 76.0 cm³/mol. The van der Waals surface area contributed by atoms with Crippen LogP contribution in [0.3, 0.4) is 0 Å². The van der Waals surface area contributed by atoms with Crippen LogP contribution in [0.1, 0.15) is 79.6 Å². The zero-order valence-electron chi connectivity index (χ0n) is 12.7. The first-order valence-electron chi connectivity index (χ1n) is 7.92. The van der Waals surface area contributed by atoms with Crippen molar-refractivity contribution in [1.82, 2.24) is 0 Å². The van der Waals surface area contributed by atoms with E-state index in [1.807, 2.05) is 0 Å². The fourth-order valence-corrected chi connectivity index (χ4v) is 5.54. The summed E-state index contributed by atoms with van der Waals surface area (Å²) in [5.41, 5.74) is 1.24. The van der Waals surface area contributed by atoms with Crippen LogP contribution in [0.15, 0.2) is 0 Å². The second-order valence-corrected chi connectivity index (χ2v) is 7.85. The molecule has 0 aromatic carbocycles. The molecular weight excluding hydrogens is 204 g/mol. The third-order valence-electron chi connectivity index (χ3n) is 6.32. The monoisotopic (exact) mass is 236 g/mol. The maximum atomic E-state index is 2.63. The van der Waals surface area contributed by atoms with Crippen molar-refractivity contribution >= 4 is 0 Å². The smallest absolute Gasteiger partial charge is 0.0262 e. The van der Waals surface area contributed by atoms with Crippen molar-refractivity contribution in [3.63, 3.8) is 0 Å². The fraction of sp³-hybridized carbons (Fsp3) is 1.00. The molecular formula is C17H32. The van der Waals surface area contributed by atoms with E-state index in [1.165, 1.54) is 44.9 Å². The molecule has 100 valence electrons. The van der Waals surface area contributed by atoms with Crippen LogP contribution < -0.4 is 0 Å². The first kappa shape index (κ1) is 13.4. The molecule has 2 saturated carbocycles. The number of hydrogen-bond acceptors (Lipinski definition) is 0. The van der Waals surface area contributed by atoms with Gasteiger partial charge >= 0.3 is 0 Å². The molecule has 0 bridgehead atoms. The highest BCUT2D eigenvalue weighted by atomic mass is 14.6. The SMILES string of the molecule is CCCC1C(C)CCC2C(C)(C)CCCC12C. The molecule has 0 heteroatoms. The van der Waals surface area contributed by atoms with Gasteiger partial charge in [-0.1, -0.05) is 53.9 Å². The lowest BCUT2D eigenvalue weighted by Gasteiger charge is -2.59. The average Bonchev–Trinajstić information content (AvgIpc) is 2.22. The van der Waals surface area contributed by atoms with Gasteiger partial charge in [-0.15, -0.1) is 0 Å². The minimum absolute atomic E-state index is 0.596. The molecule has 17 heavy (non-hydrogen) atoms. The van der Waals surface area contributed by atoms with Crippen LogP contribution in [0, 0.1) is 28.6 Å². The molecule has 0 aromatic rings. The van der Waals surface area contributed by atoms with Crippen LogP contribution in [-0.4, -0.2) is 0 Å². The summed E-state index contributed by atoms with van der Waals surface area (Å²) in [5, 5.41) is 0. The minimum Gasteiger partial charge on any atom is -0.0654 e. The zero-order chi connectivity index (χ0) is 12.7. The Morgan fingerprint density at radius 3 is 2.41 bits per heavy atom. The third kappa shape index (κ3) is 2.17. The van der Waals surface area contributed by atoms with Gasteiger partial charge in [0.05, 0.1) is 0 Å². The van der Waals surface area contributed by atoms with Crippen molar-refractivity contribution in [3.05, 3.63) is 0 Å². The Morgan fingerprint density at radius 1 is 1.06 bits per heavy atom. The molecule has 0 radical (unpaired) electrons. The van der Waals surface area contributed by atoms with Crippen LogP contribution in [0.2, 0.25) is 0 Å². The van der Waals surface area contributed by atoms with Gasteiger partial charge in [0.25, 0.3) is 0 Å². The summed E-state index contributed by atoms with van der Waals surface area (Å²) in [6.07, 6.45) is 10.2. The third-order valence-corrected chi connectivity index (χ3v) is 6.32. The minimum atomic E-state index is 0.596. The van der Waals surface area contributed by atoms with Crippen LogP contribution >= 0.6 is 0 Å². The van der Waals surface area contributed by atoms with Gasteiger partial charge in [-0.25, -0.2) is 0 Å². The highest BCUT2D eigenvalue weighted by molar-refractivity contribution is 5.02. The van der Waals surface area contributed by atoms with E-state index in [0.29, 0.717) is 10.8 Å². The van der Waals surface area contributed by atoms with Gasteiger partial charge < -0.3 is 0 Å². The molecule has 0 aliphatic heterocycles. The van der Waals surface area contributed by atoms with E-state index < -0.39 is 0 Å². The lowest BCUT2D eigenvalue weighted by molar-refractivity contribution is -0.0960. The Bertz CT molecular complexity index is 265. The molecule has 2 rings (SSSR count). The van der Waals surface area contributed by atoms with Gasteiger partial charge in [0.15, 0.2) is 0 Å². The number of rotatable bonds is 2. The molecule has 4 unspecified atom stereocenters. The van der Waals surface area contributed by atoms with Gasteiger partial charge in [0, 0.05) is 0 Å². The van der Waals surface area contributed by atoms with Gasteiger partial charge in [-0.3, -0.25) is 0 Å². The molecule has 0 spiro atoms. The summed E-state index contributed by atoms with van der Waals surface area (Å²) >= 11 is 0.